The van der Waals surface area contributed by atoms with Gasteiger partial charge < -0.3 is 10.2 Å². The molecule has 3 N–H and O–H groups in total. The summed E-state index contributed by atoms with van der Waals surface area (Å²) in [7, 11) is 0. The van der Waals surface area contributed by atoms with Crippen LogP contribution in [0.3, 0.4) is 0 Å². The number of benzene rings is 2. The zero-order valence-corrected chi connectivity index (χ0v) is 20.3. The number of aromatic hydroxyl groups is 2. The summed E-state index contributed by atoms with van der Waals surface area (Å²) in [6.45, 7) is 12.3. The van der Waals surface area contributed by atoms with Crippen molar-refractivity contribution in [2.75, 3.05) is 0 Å². The van der Waals surface area contributed by atoms with E-state index >= 15 is 0 Å². The maximum atomic E-state index is 12.3. The van der Waals surface area contributed by atoms with E-state index < -0.39 is 0 Å². The third kappa shape index (κ3) is 6.62. The Balaban J connectivity index is 2.13. The van der Waals surface area contributed by atoms with Gasteiger partial charge >= 0.3 is 0 Å². The van der Waals surface area contributed by atoms with E-state index in [1.807, 2.05) is 12.1 Å². The number of aryl methyl sites for hydroxylation is 1. The molecule has 0 spiro atoms. The molecule has 0 unspecified atom stereocenters. The number of hydrogen-bond acceptors (Lipinski definition) is 4. The molecule has 0 radical (unpaired) electrons. The van der Waals surface area contributed by atoms with Crippen LogP contribution in [-0.2, 0) is 22.0 Å². The van der Waals surface area contributed by atoms with Gasteiger partial charge in [0.2, 0.25) is 5.91 Å². The van der Waals surface area contributed by atoms with Crippen LogP contribution in [0.5, 0.6) is 11.5 Å². The highest BCUT2D eigenvalue weighted by atomic mass is 35.5. The average Bonchev–Trinajstić information content (AvgIpc) is 2.62. The summed E-state index contributed by atoms with van der Waals surface area (Å²) < 4.78 is 0. The molecule has 0 aromatic heterocycles. The predicted octanol–water partition coefficient (Wildman–Crippen LogP) is 6.08. The Bertz CT molecular complexity index is 968. The summed E-state index contributed by atoms with van der Waals surface area (Å²) in [5, 5.41) is 25.1. The first-order chi connectivity index (χ1) is 14.2. The van der Waals surface area contributed by atoms with Crippen LogP contribution in [0.15, 0.2) is 29.4 Å². The van der Waals surface area contributed by atoms with E-state index in [-0.39, 0.29) is 33.9 Å². The number of nitrogens with one attached hydrogen (secondary N) is 1. The first kappa shape index (κ1) is 25.0. The second-order valence-corrected chi connectivity index (χ2v) is 10.5. The Labute approximate surface area is 194 Å². The molecule has 0 fully saturated rings. The molecule has 0 aliphatic carbocycles. The van der Waals surface area contributed by atoms with Crippen molar-refractivity contribution in [3.05, 3.63) is 56.6 Å². The molecule has 2 aromatic rings. The fraction of sp³-hybridized carbons (Fsp3) is 0.417. The molecule has 0 aliphatic heterocycles. The molecule has 7 heteroatoms. The van der Waals surface area contributed by atoms with E-state index in [2.05, 4.69) is 52.1 Å². The molecule has 1 amide bonds. The van der Waals surface area contributed by atoms with Gasteiger partial charge in [0.15, 0.2) is 0 Å². The predicted molar refractivity (Wildman–Crippen MR) is 128 cm³/mol. The largest absolute Gasteiger partial charge is 0.507 e. The highest BCUT2D eigenvalue weighted by Gasteiger charge is 2.26. The summed E-state index contributed by atoms with van der Waals surface area (Å²) in [6.07, 6.45) is 2.01. The van der Waals surface area contributed by atoms with Crippen LogP contribution < -0.4 is 5.43 Å². The SMILES string of the molecule is CC(C)(C)c1cc(CCC(=O)NN=Cc2cc(Cl)cc(Cl)c2O)cc(C(C)(C)C)c1O. The van der Waals surface area contributed by atoms with Gasteiger partial charge in [-0.25, -0.2) is 5.43 Å². The molecule has 5 nitrogen and oxygen atoms in total. The molecule has 0 atom stereocenters. The number of hydrazone groups is 1. The summed E-state index contributed by atoms with van der Waals surface area (Å²) in [4.78, 5) is 12.3. The number of carbonyl (C=O) groups is 1. The monoisotopic (exact) mass is 464 g/mol. The van der Waals surface area contributed by atoms with E-state index in [1.165, 1.54) is 18.3 Å². The van der Waals surface area contributed by atoms with Crippen molar-refractivity contribution in [2.45, 2.75) is 65.2 Å². The standard InChI is InChI=1S/C24H30Cl2N2O3/c1-23(2,3)17-9-14(10-18(22(17)31)24(4,5)6)7-8-20(29)28-27-13-15-11-16(25)12-19(26)21(15)30/h9-13,30-31H,7-8H2,1-6H3,(H,28,29). The van der Waals surface area contributed by atoms with Crippen LogP contribution in [0.25, 0.3) is 0 Å². The van der Waals surface area contributed by atoms with Crippen LogP contribution in [0.1, 0.15) is 70.2 Å². The van der Waals surface area contributed by atoms with Gasteiger partial charge in [-0.05, 0) is 46.1 Å². The number of nitrogens with zero attached hydrogens (tertiary/aromatic N) is 1. The van der Waals surface area contributed by atoms with Gasteiger partial charge in [-0.1, -0.05) is 76.9 Å². The quantitative estimate of drug-likeness (QED) is 0.370. The molecule has 0 bridgehead atoms. The highest BCUT2D eigenvalue weighted by Crippen LogP contribution is 2.40. The van der Waals surface area contributed by atoms with Crippen LogP contribution in [0.4, 0.5) is 0 Å². The molecule has 0 saturated carbocycles. The molecular weight excluding hydrogens is 435 g/mol. The van der Waals surface area contributed by atoms with E-state index in [1.54, 1.807) is 0 Å². The van der Waals surface area contributed by atoms with Crippen LogP contribution in [0, 0.1) is 0 Å². The Morgan fingerprint density at radius 3 is 2.03 bits per heavy atom. The number of amides is 1. The van der Waals surface area contributed by atoms with Crippen molar-refractivity contribution in [2.24, 2.45) is 5.10 Å². The molecule has 2 rings (SSSR count). The number of phenolic OH excluding ortho intramolecular Hbond substituents is 2. The lowest BCUT2D eigenvalue weighted by Crippen LogP contribution is -2.20. The van der Waals surface area contributed by atoms with Crippen LogP contribution >= 0.6 is 23.2 Å². The van der Waals surface area contributed by atoms with Gasteiger partial charge in [0.25, 0.3) is 0 Å². The fourth-order valence-electron chi connectivity index (χ4n) is 3.15. The molecular formula is C24H30Cl2N2O3. The molecule has 0 aliphatic rings. The summed E-state index contributed by atoms with van der Waals surface area (Å²) in [6, 6.07) is 6.85. The van der Waals surface area contributed by atoms with Crippen molar-refractivity contribution in [3.8, 4) is 11.5 Å². The average molecular weight is 465 g/mol. The lowest BCUT2D eigenvalue weighted by molar-refractivity contribution is -0.121. The zero-order chi connectivity index (χ0) is 23.6. The molecule has 0 heterocycles. The van der Waals surface area contributed by atoms with E-state index in [0.29, 0.717) is 22.8 Å². The van der Waals surface area contributed by atoms with Gasteiger partial charge in [-0.2, -0.15) is 5.10 Å². The lowest BCUT2D eigenvalue weighted by atomic mass is 9.78. The van der Waals surface area contributed by atoms with E-state index in [4.69, 9.17) is 23.2 Å². The fourth-order valence-corrected chi connectivity index (χ4v) is 3.66. The first-order valence-corrected chi connectivity index (χ1v) is 10.8. The number of phenols is 2. The molecule has 0 saturated heterocycles. The number of carbonyl (C=O) groups excluding carboxylic acids is 1. The van der Waals surface area contributed by atoms with Crippen molar-refractivity contribution in [3.63, 3.8) is 0 Å². The third-order valence-electron chi connectivity index (χ3n) is 4.88. The normalized spacial score (nSPS) is 12.4. The van der Waals surface area contributed by atoms with Gasteiger partial charge in [0.05, 0.1) is 11.2 Å². The Hall–Kier alpha value is -2.24. The lowest BCUT2D eigenvalue weighted by Gasteiger charge is -2.28. The minimum absolute atomic E-state index is 0.108. The zero-order valence-electron chi connectivity index (χ0n) is 18.8. The van der Waals surface area contributed by atoms with Gasteiger partial charge in [-0.15, -0.1) is 0 Å². The van der Waals surface area contributed by atoms with Crippen LogP contribution in [0.2, 0.25) is 10.0 Å². The van der Waals surface area contributed by atoms with Gasteiger partial charge in [-0.3, -0.25) is 4.79 Å². The van der Waals surface area contributed by atoms with Gasteiger partial charge in [0.1, 0.15) is 11.5 Å². The molecule has 2 aromatic carbocycles. The second-order valence-electron chi connectivity index (χ2n) is 9.66. The Morgan fingerprint density at radius 1 is 0.968 bits per heavy atom. The maximum absolute atomic E-state index is 12.3. The summed E-state index contributed by atoms with van der Waals surface area (Å²) in [5.41, 5.74) is 5.00. The first-order valence-electron chi connectivity index (χ1n) is 10.1. The highest BCUT2D eigenvalue weighted by molar-refractivity contribution is 6.36. The van der Waals surface area contributed by atoms with E-state index in [0.717, 1.165) is 16.7 Å². The summed E-state index contributed by atoms with van der Waals surface area (Å²) >= 11 is 11.8. The Kier molecular flexibility index (Phi) is 7.66. The van der Waals surface area contributed by atoms with Gasteiger partial charge in [0, 0.05) is 17.0 Å². The number of halogens is 2. The van der Waals surface area contributed by atoms with Crippen molar-refractivity contribution in [1.82, 2.24) is 5.43 Å². The molecule has 168 valence electrons. The minimum atomic E-state index is -0.272. The number of rotatable bonds is 5. The van der Waals surface area contributed by atoms with Crippen molar-refractivity contribution >= 4 is 35.3 Å². The van der Waals surface area contributed by atoms with Crippen molar-refractivity contribution < 1.29 is 15.0 Å². The second kappa shape index (κ2) is 9.49. The topological polar surface area (TPSA) is 81.9 Å². The van der Waals surface area contributed by atoms with Crippen LogP contribution in [-0.4, -0.2) is 22.3 Å². The Morgan fingerprint density at radius 2 is 1.52 bits per heavy atom. The number of hydrogen-bond donors (Lipinski definition) is 3. The molecule has 31 heavy (non-hydrogen) atoms. The maximum Gasteiger partial charge on any atom is 0.240 e. The summed E-state index contributed by atoms with van der Waals surface area (Å²) in [5.74, 6) is -0.109. The minimum Gasteiger partial charge on any atom is -0.507 e. The third-order valence-corrected chi connectivity index (χ3v) is 5.38. The smallest absolute Gasteiger partial charge is 0.240 e. The van der Waals surface area contributed by atoms with E-state index in [9.17, 15) is 15.0 Å². The van der Waals surface area contributed by atoms with Crippen molar-refractivity contribution in [1.29, 1.82) is 0 Å².